The number of rotatable bonds is 7. The molecule has 2 aliphatic rings. The maximum Gasteiger partial charge on any atom is 0.243 e. The highest BCUT2D eigenvalue weighted by Gasteiger charge is 2.34. The Balaban J connectivity index is 1.41. The van der Waals surface area contributed by atoms with Crippen molar-refractivity contribution in [3.8, 4) is 0 Å². The third-order valence-corrected chi connectivity index (χ3v) is 8.05. The van der Waals surface area contributed by atoms with Gasteiger partial charge in [-0.25, -0.2) is 8.42 Å². The second-order valence-electron chi connectivity index (χ2n) is 8.22. The summed E-state index contributed by atoms with van der Waals surface area (Å²) in [5.41, 5.74) is 3.45. The van der Waals surface area contributed by atoms with Gasteiger partial charge in [-0.15, -0.1) is 0 Å². The fourth-order valence-corrected chi connectivity index (χ4v) is 6.06. The van der Waals surface area contributed by atoms with Crippen LogP contribution < -0.4 is 4.90 Å². The summed E-state index contributed by atoms with van der Waals surface area (Å²) in [7, 11) is -1.91. The number of ketones is 1. The molecule has 1 atom stereocenters. The van der Waals surface area contributed by atoms with Crippen LogP contribution in [0.3, 0.4) is 0 Å². The van der Waals surface area contributed by atoms with Crippen LogP contribution in [0.4, 0.5) is 5.69 Å². The first-order chi connectivity index (χ1) is 14.8. The number of nitrogens with zero attached hydrogens (tertiary/aromatic N) is 2. The summed E-state index contributed by atoms with van der Waals surface area (Å²) in [4.78, 5) is 26.2. The van der Waals surface area contributed by atoms with Crippen molar-refractivity contribution in [3.63, 3.8) is 0 Å². The van der Waals surface area contributed by atoms with Gasteiger partial charge < -0.3 is 10.0 Å². The van der Waals surface area contributed by atoms with Crippen LogP contribution in [0, 0.1) is 0 Å². The van der Waals surface area contributed by atoms with E-state index in [9.17, 15) is 23.1 Å². The Kier molecular flexibility index (Phi) is 5.96. The van der Waals surface area contributed by atoms with Gasteiger partial charge in [0.25, 0.3) is 0 Å². The van der Waals surface area contributed by atoms with E-state index in [1.54, 1.807) is 24.1 Å². The van der Waals surface area contributed by atoms with Crippen LogP contribution in [0.5, 0.6) is 0 Å². The van der Waals surface area contributed by atoms with Gasteiger partial charge in [-0.05, 0) is 47.7 Å². The fourth-order valence-electron chi connectivity index (χ4n) is 4.37. The van der Waals surface area contributed by atoms with Crippen LogP contribution in [-0.2, 0) is 38.9 Å². The van der Waals surface area contributed by atoms with E-state index in [1.807, 2.05) is 18.2 Å². The lowest BCUT2D eigenvalue weighted by atomic mass is 10.0. The topological polar surface area (TPSA) is 95.0 Å². The van der Waals surface area contributed by atoms with E-state index in [2.05, 4.69) is 0 Å². The van der Waals surface area contributed by atoms with Crippen LogP contribution in [0.1, 0.15) is 29.5 Å². The quantitative estimate of drug-likeness (QED) is 0.704. The lowest BCUT2D eigenvalue weighted by Crippen LogP contribution is -2.37. The highest BCUT2D eigenvalue weighted by molar-refractivity contribution is 7.89. The molecule has 1 amide bonds. The largest absolute Gasteiger partial charge is 0.395 e. The lowest BCUT2D eigenvalue weighted by Gasteiger charge is -2.22. The van der Waals surface area contributed by atoms with E-state index in [0.29, 0.717) is 19.4 Å². The van der Waals surface area contributed by atoms with E-state index in [0.717, 1.165) is 28.8 Å². The van der Waals surface area contributed by atoms with Gasteiger partial charge in [0, 0.05) is 38.2 Å². The van der Waals surface area contributed by atoms with Crippen molar-refractivity contribution in [1.29, 1.82) is 0 Å². The molecule has 4 rings (SSSR count). The fraction of sp³-hybridized carbons (Fsp3) is 0.391. The van der Waals surface area contributed by atoms with Crippen molar-refractivity contribution in [2.75, 3.05) is 25.1 Å². The van der Waals surface area contributed by atoms with E-state index in [1.165, 1.54) is 16.4 Å². The Morgan fingerprint density at radius 1 is 1.10 bits per heavy atom. The number of Topliss-reactive ketones (excluding diaryl/α,β-unsaturated/α-hetero) is 1. The molecule has 0 bridgehead atoms. The van der Waals surface area contributed by atoms with Crippen molar-refractivity contribution < 1.29 is 23.1 Å². The normalized spacial score (nSPS) is 19.1. The van der Waals surface area contributed by atoms with Crippen LogP contribution in [-0.4, -0.2) is 55.8 Å². The van der Waals surface area contributed by atoms with E-state index < -0.39 is 10.0 Å². The summed E-state index contributed by atoms with van der Waals surface area (Å²) in [6.07, 6.45) is 2.23. The molecule has 0 unspecified atom stereocenters. The number of aliphatic hydroxyl groups is 1. The molecule has 2 heterocycles. The van der Waals surface area contributed by atoms with Crippen LogP contribution >= 0.6 is 0 Å². The highest BCUT2D eigenvalue weighted by Crippen LogP contribution is 2.29. The predicted octanol–water partition coefficient (Wildman–Crippen LogP) is 1.71. The number of carbonyl (C=O) groups excluding carboxylic acids is 2. The first-order valence-electron chi connectivity index (χ1n) is 10.4. The maximum atomic E-state index is 12.8. The third-order valence-electron chi connectivity index (χ3n) is 6.09. The average molecular weight is 443 g/mol. The summed E-state index contributed by atoms with van der Waals surface area (Å²) in [6, 6.07) is 11.7. The molecule has 1 N–H and O–H groups in total. The van der Waals surface area contributed by atoms with Gasteiger partial charge in [0.15, 0.2) is 0 Å². The second kappa shape index (κ2) is 8.53. The lowest BCUT2D eigenvalue weighted by molar-refractivity contribution is -0.118. The van der Waals surface area contributed by atoms with Crippen LogP contribution in [0.2, 0.25) is 0 Å². The predicted molar refractivity (Wildman–Crippen MR) is 116 cm³/mol. The first-order valence-corrected chi connectivity index (χ1v) is 11.9. The van der Waals surface area contributed by atoms with Crippen molar-refractivity contribution in [3.05, 3.63) is 59.2 Å². The molecular formula is C23H26N2O5S. The molecule has 0 saturated carbocycles. The molecule has 0 radical (unpaired) electrons. The maximum absolute atomic E-state index is 12.8. The van der Waals surface area contributed by atoms with Crippen molar-refractivity contribution in [1.82, 2.24) is 4.31 Å². The summed E-state index contributed by atoms with van der Waals surface area (Å²) < 4.78 is 27.0. The molecule has 8 heteroatoms. The number of fused-ring (bicyclic) bond motifs is 1. The van der Waals surface area contributed by atoms with E-state index in [-0.39, 0.29) is 42.1 Å². The molecule has 2 aromatic rings. The van der Waals surface area contributed by atoms with Gasteiger partial charge >= 0.3 is 0 Å². The number of likely N-dealkylation sites (N-methyl/N-ethyl adjacent to an activating group) is 1. The minimum atomic E-state index is -3.65. The number of aliphatic hydroxyl groups excluding tert-OH is 1. The summed E-state index contributed by atoms with van der Waals surface area (Å²) >= 11 is 0. The molecule has 164 valence electrons. The van der Waals surface area contributed by atoms with Crippen LogP contribution in [0.15, 0.2) is 47.4 Å². The van der Waals surface area contributed by atoms with Gasteiger partial charge in [-0.1, -0.05) is 24.3 Å². The minimum Gasteiger partial charge on any atom is -0.395 e. The monoisotopic (exact) mass is 442 g/mol. The summed E-state index contributed by atoms with van der Waals surface area (Å²) in [6.45, 7) is 0.231. The van der Waals surface area contributed by atoms with Gasteiger partial charge in [-0.3, -0.25) is 9.59 Å². The SMILES string of the molecule is CN1C(=O)Cc2cc(CC(=O)Cc3ccc(S(=O)(=O)N4CCC[C@H]4CO)cc3)ccc21. The van der Waals surface area contributed by atoms with Gasteiger partial charge in [-0.2, -0.15) is 4.31 Å². The number of sulfonamides is 1. The number of amides is 1. The molecule has 1 saturated heterocycles. The smallest absolute Gasteiger partial charge is 0.243 e. The van der Waals surface area contributed by atoms with Gasteiger partial charge in [0.2, 0.25) is 15.9 Å². The molecule has 0 aliphatic carbocycles. The Morgan fingerprint density at radius 2 is 1.77 bits per heavy atom. The molecule has 0 aromatic heterocycles. The van der Waals surface area contributed by atoms with Gasteiger partial charge in [0.05, 0.1) is 17.9 Å². The standard InChI is InChI=1S/C23H26N2O5S/c1-24-22-9-6-17(11-18(22)14-23(24)28)13-20(27)12-16-4-7-21(8-5-16)31(29,30)25-10-2-3-19(25)15-26/h4-9,11,19,26H,2-3,10,12-15H2,1H3/t19-/m0/s1. The zero-order chi connectivity index (χ0) is 22.2. The molecule has 31 heavy (non-hydrogen) atoms. The summed E-state index contributed by atoms with van der Waals surface area (Å²) in [5, 5.41) is 9.43. The molecule has 0 spiro atoms. The van der Waals surface area contributed by atoms with Crippen LogP contribution in [0.25, 0.3) is 0 Å². The highest BCUT2D eigenvalue weighted by atomic mass is 32.2. The zero-order valence-corrected chi connectivity index (χ0v) is 18.3. The molecule has 2 aromatic carbocycles. The van der Waals surface area contributed by atoms with Gasteiger partial charge in [0.1, 0.15) is 5.78 Å². The van der Waals surface area contributed by atoms with Crippen molar-refractivity contribution in [2.45, 2.75) is 43.0 Å². The van der Waals surface area contributed by atoms with E-state index >= 15 is 0 Å². The zero-order valence-electron chi connectivity index (χ0n) is 17.5. The number of anilines is 1. The Morgan fingerprint density at radius 3 is 2.48 bits per heavy atom. The Labute approximate surface area is 182 Å². The Hall–Kier alpha value is -2.55. The Bertz CT molecular complexity index is 1110. The molecule has 7 nitrogen and oxygen atoms in total. The molecule has 2 aliphatic heterocycles. The third kappa shape index (κ3) is 4.28. The first kappa shape index (κ1) is 21.7. The number of benzene rings is 2. The van der Waals surface area contributed by atoms with E-state index in [4.69, 9.17) is 0 Å². The molecule has 1 fully saturated rings. The minimum absolute atomic E-state index is 0.0214. The van der Waals surface area contributed by atoms with Crippen molar-refractivity contribution >= 4 is 27.4 Å². The number of hydrogen-bond acceptors (Lipinski definition) is 5. The second-order valence-corrected chi connectivity index (χ2v) is 10.1. The summed E-state index contributed by atoms with van der Waals surface area (Å²) in [5.74, 6) is 0.0703. The number of hydrogen-bond donors (Lipinski definition) is 1. The molecular weight excluding hydrogens is 416 g/mol. The van der Waals surface area contributed by atoms with Crippen molar-refractivity contribution in [2.24, 2.45) is 0 Å². The average Bonchev–Trinajstić information content (AvgIpc) is 3.33. The number of carbonyl (C=O) groups is 2.